The molecule has 0 saturated carbocycles. The van der Waals surface area contributed by atoms with E-state index in [-0.39, 0.29) is 0 Å². The summed E-state index contributed by atoms with van der Waals surface area (Å²) < 4.78 is 22.6. The minimum absolute atomic E-state index is 0.516. The van der Waals surface area contributed by atoms with Crippen LogP contribution in [0.1, 0.15) is 18.5 Å². The Hall–Kier alpha value is -0.580. The van der Waals surface area contributed by atoms with Crippen LogP contribution in [0.3, 0.4) is 0 Å². The zero-order chi connectivity index (χ0) is 11.6. The lowest BCUT2D eigenvalue weighted by Gasteiger charge is -2.18. The average molecular weight is 248 g/mol. The van der Waals surface area contributed by atoms with Crippen LogP contribution in [0.2, 0.25) is 5.02 Å². The van der Waals surface area contributed by atoms with Crippen molar-refractivity contribution in [3.8, 4) is 0 Å². The van der Waals surface area contributed by atoms with Crippen molar-refractivity contribution < 1.29 is 8.42 Å². The van der Waals surface area contributed by atoms with Gasteiger partial charge in [0.15, 0.2) is 9.84 Å². The third kappa shape index (κ3) is 3.19. The van der Waals surface area contributed by atoms with E-state index in [1.165, 1.54) is 6.26 Å². The van der Waals surface area contributed by atoms with Crippen LogP contribution < -0.4 is 5.73 Å². The highest BCUT2D eigenvalue weighted by molar-refractivity contribution is 7.91. The van der Waals surface area contributed by atoms with E-state index in [2.05, 4.69) is 0 Å². The Balaban J connectivity index is 2.95. The molecule has 2 atom stereocenters. The maximum Gasteiger partial charge on any atom is 0.151 e. The molecule has 2 N–H and O–H groups in total. The van der Waals surface area contributed by atoms with E-state index in [0.717, 1.165) is 5.56 Å². The van der Waals surface area contributed by atoms with E-state index in [1.807, 2.05) is 0 Å². The molecule has 0 amide bonds. The van der Waals surface area contributed by atoms with E-state index in [0.29, 0.717) is 5.02 Å². The lowest BCUT2D eigenvalue weighted by atomic mass is 10.1. The van der Waals surface area contributed by atoms with E-state index >= 15 is 0 Å². The fourth-order valence-electron chi connectivity index (χ4n) is 1.22. The highest BCUT2D eigenvalue weighted by Gasteiger charge is 2.23. The summed E-state index contributed by atoms with van der Waals surface area (Å²) in [6.45, 7) is 1.61. The SMILES string of the molecule is C[C@H]([C@H](N)c1ccc(Cl)cc1)S(C)(=O)=O. The molecule has 0 aliphatic heterocycles. The average Bonchev–Trinajstić information content (AvgIpc) is 2.15. The minimum Gasteiger partial charge on any atom is -0.323 e. The quantitative estimate of drug-likeness (QED) is 0.886. The smallest absolute Gasteiger partial charge is 0.151 e. The lowest BCUT2D eigenvalue weighted by Crippen LogP contribution is -2.30. The Labute approximate surface area is 95.2 Å². The van der Waals surface area contributed by atoms with Crippen molar-refractivity contribution in [1.29, 1.82) is 0 Å². The lowest BCUT2D eigenvalue weighted by molar-refractivity contribution is 0.571. The Morgan fingerprint density at radius 3 is 2.13 bits per heavy atom. The predicted octanol–water partition coefficient (Wildman–Crippen LogP) is 1.77. The molecule has 0 saturated heterocycles. The molecule has 0 fully saturated rings. The molecule has 0 bridgehead atoms. The van der Waals surface area contributed by atoms with Crippen molar-refractivity contribution in [3.63, 3.8) is 0 Å². The van der Waals surface area contributed by atoms with E-state index < -0.39 is 21.1 Å². The Bertz CT molecular complexity index is 427. The van der Waals surface area contributed by atoms with Gasteiger partial charge in [0.2, 0.25) is 0 Å². The number of halogens is 1. The number of sulfone groups is 1. The van der Waals surface area contributed by atoms with Crippen LogP contribution in [0.5, 0.6) is 0 Å². The third-order valence-corrected chi connectivity index (χ3v) is 4.33. The first-order valence-electron chi connectivity index (χ1n) is 4.52. The number of nitrogens with two attached hydrogens (primary N) is 1. The van der Waals surface area contributed by atoms with Crippen LogP contribution >= 0.6 is 11.6 Å². The molecule has 3 nitrogen and oxygen atoms in total. The van der Waals surface area contributed by atoms with Crippen LogP contribution in [0.25, 0.3) is 0 Å². The topological polar surface area (TPSA) is 60.2 Å². The van der Waals surface area contributed by atoms with Gasteiger partial charge in [-0.05, 0) is 24.6 Å². The molecule has 0 aliphatic rings. The summed E-state index contributed by atoms with van der Waals surface area (Å²) >= 11 is 5.73. The Morgan fingerprint density at radius 2 is 1.73 bits per heavy atom. The first kappa shape index (κ1) is 12.5. The highest BCUT2D eigenvalue weighted by Crippen LogP contribution is 2.20. The van der Waals surface area contributed by atoms with Crippen LogP contribution in [0.4, 0.5) is 0 Å². The van der Waals surface area contributed by atoms with Crippen LogP contribution in [0, 0.1) is 0 Å². The second-order valence-electron chi connectivity index (χ2n) is 3.61. The molecule has 0 unspecified atom stereocenters. The second-order valence-corrected chi connectivity index (χ2v) is 6.45. The number of benzene rings is 1. The number of hydrogen-bond acceptors (Lipinski definition) is 3. The first-order chi connectivity index (χ1) is 6.82. The van der Waals surface area contributed by atoms with Crippen LogP contribution in [0.15, 0.2) is 24.3 Å². The monoisotopic (exact) mass is 247 g/mol. The van der Waals surface area contributed by atoms with Gasteiger partial charge in [-0.3, -0.25) is 0 Å². The molecule has 1 rings (SSSR count). The standard InChI is InChI=1S/C10H14ClNO2S/c1-7(15(2,13)14)10(12)8-3-5-9(11)6-4-8/h3-7,10H,12H2,1-2H3/t7-,10+/m1/s1. The van der Waals surface area contributed by atoms with E-state index in [4.69, 9.17) is 17.3 Å². The number of rotatable bonds is 3. The maximum atomic E-state index is 11.3. The fourth-order valence-corrected chi connectivity index (χ4v) is 2.04. The summed E-state index contributed by atoms with van der Waals surface area (Å²) in [7, 11) is -3.12. The van der Waals surface area contributed by atoms with Gasteiger partial charge in [0.1, 0.15) is 0 Å². The van der Waals surface area contributed by atoms with Crippen molar-refractivity contribution in [1.82, 2.24) is 0 Å². The molecule has 15 heavy (non-hydrogen) atoms. The molecule has 0 heterocycles. The molecule has 0 radical (unpaired) electrons. The molecule has 1 aromatic rings. The Kier molecular flexibility index (Phi) is 3.76. The summed E-state index contributed by atoms with van der Waals surface area (Å²) in [5.41, 5.74) is 6.63. The fraction of sp³-hybridized carbons (Fsp3) is 0.400. The van der Waals surface area contributed by atoms with Crippen molar-refractivity contribution in [2.45, 2.75) is 18.2 Å². The normalized spacial score (nSPS) is 16.0. The third-order valence-electron chi connectivity index (χ3n) is 2.44. The maximum absolute atomic E-state index is 11.3. The van der Waals surface area contributed by atoms with Gasteiger partial charge < -0.3 is 5.73 Å². The van der Waals surface area contributed by atoms with Crippen LogP contribution in [-0.4, -0.2) is 19.9 Å². The van der Waals surface area contributed by atoms with Crippen molar-refractivity contribution in [3.05, 3.63) is 34.9 Å². The van der Waals surface area contributed by atoms with Crippen molar-refractivity contribution in [2.24, 2.45) is 5.73 Å². The molecule has 0 aliphatic carbocycles. The van der Waals surface area contributed by atoms with Gasteiger partial charge in [0.25, 0.3) is 0 Å². The summed E-state index contributed by atoms with van der Waals surface area (Å²) in [5, 5.41) is 0.0108. The van der Waals surface area contributed by atoms with Gasteiger partial charge in [-0.2, -0.15) is 0 Å². The van der Waals surface area contributed by atoms with Gasteiger partial charge >= 0.3 is 0 Å². The zero-order valence-electron chi connectivity index (χ0n) is 8.64. The Morgan fingerprint density at radius 1 is 1.27 bits per heavy atom. The second kappa shape index (κ2) is 4.51. The van der Waals surface area contributed by atoms with Crippen LogP contribution in [-0.2, 0) is 9.84 Å². The molecule has 0 spiro atoms. The van der Waals surface area contributed by atoms with E-state index in [1.54, 1.807) is 31.2 Å². The molecule has 84 valence electrons. The van der Waals surface area contributed by atoms with Gasteiger partial charge in [0, 0.05) is 17.3 Å². The van der Waals surface area contributed by atoms with Crippen molar-refractivity contribution >= 4 is 21.4 Å². The molecular formula is C10H14ClNO2S. The minimum atomic E-state index is -3.12. The summed E-state index contributed by atoms with van der Waals surface area (Å²) in [6.07, 6.45) is 1.19. The van der Waals surface area contributed by atoms with Crippen molar-refractivity contribution in [2.75, 3.05) is 6.26 Å². The summed E-state index contributed by atoms with van der Waals surface area (Å²) in [6, 6.07) is 6.37. The largest absolute Gasteiger partial charge is 0.323 e. The number of hydrogen-bond donors (Lipinski definition) is 1. The van der Waals surface area contributed by atoms with Gasteiger partial charge in [-0.25, -0.2) is 8.42 Å². The molecule has 1 aromatic carbocycles. The first-order valence-corrected chi connectivity index (χ1v) is 6.85. The highest BCUT2D eigenvalue weighted by atomic mass is 35.5. The molecular weight excluding hydrogens is 234 g/mol. The predicted molar refractivity (Wildman–Crippen MR) is 62.7 cm³/mol. The van der Waals surface area contributed by atoms with Gasteiger partial charge in [-0.1, -0.05) is 23.7 Å². The van der Waals surface area contributed by atoms with Gasteiger partial charge in [0.05, 0.1) is 5.25 Å². The zero-order valence-corrected chi connectivity index (χ0v) is 10.2. The summed E-state index contributed by atoms with van der Waals surface area (Å²) in [4.78, 5) is 0. The molecule has 5 heteroatoms. The van der Waals surface area contributed by atoms with Gasteiger partial charge in [-0.15, -0.1) is 0 Å². The summed E-state index contributed by atoms with van der Waals surface area (Å²) in [5.74, 6) is 0. The van der Waals surface area contributed by atoms with E-state index in [9.17, 15) is 8.42 Å². The molecule has 0 aromatic heterocycles.